The Kier molecular flexibility index (Phi) is 5.66. The van der Waals surface area contributed by atoms with Gasteiger partial charge in [0.05, 0.1) is 16.1 Å². The van der Waals surface area contributed by atoms with Crippen LogP contribution in [0.2, 0.25) is 5.02 Å². The summed E-state index contributed by atoms with van der Waals surface area (Å²) < 4.78 is 18.4. The smallest absolute Gasteiger partial charge is 0.264 e. The minimum atomic E-state index is -1.18. The van der Waals surface area contributed by atoms with Gasteiger partial charge in [-0.25, -0.2) is 14.4 Å². The number of aryl methyl sites for hydroxylation is 2. The van der Waals surface area contributed by atoms with E-state index < -0.39 is 17.0 Å². The maximum absolute atomic E-state index is 15.3. The molecule has 0 unspecified atom stereocenters. The van der Waals surface area contributed by atoms with Crippen LogP contribution in [0.25, 0.3) is 27.8 Å². The average Bonchev–Trinajstić information content (AvgIpc) is 3.12. The molecule has 4 rings (SSSR count). The predicted octanol–water partition coefficient (Wildman–Crippen LogP) is 5.24. The zero-order chi connectivity index (χ0) is 24.2. The first-order valence-corrected chi connectivity index (χ1v) is 11.0. The molecule has 4 aromatic rings. The number of aliphatic hydroxyl groups is 1. The van der Waals surface area contributed by atoms with E-state index in [1.165, 1.54) is 10.6 Å². The van der Waals surface area contributed by atoms with Crippen molar-refractivity contribution in [2.75, 3.05) is 0 Å². The highest BCUT2D eigenvalue weighted by molar-refractivity contribution is 6.32. The van der Waals surface area contributed by atoms with E-state index in [-0.39, 0.29) is 16.9 Å². The van der Waals surface area contributed by atoms with Crippen molar-refractivity contribution in [2.45, 2.75) is 46.1 Å². The number of imidazole rings is 1. The number of nitrogens with zero attached hydrogens (tertiary/aromatic N) is 4. The highest BCUT2D eigenvalue weighted by Gasteiger charge is 2.25. The van der Waals surface area contributed by atoms with Crippen LogP contribution < -0.4 is 5.56 Å². The van der Waals surface area contributed by atoms with Gasteiger partial charge in [0, 0.05) is 30.7 Å². The van der Waals surface area contributed by atoms with E-state index in [1.807, 2.05) is 20.8 Å². The van der Waals surface area contributed by atoms with Gasteiger partial charge >= 0.3 is 0 Å². The molecular formula is C25H26ClFN4O2. The van der Waals surface area contributed by atoms with E-state index in [1.54, 1.807) is 56.1 Å². The van der Waals surface area contributed by atoms with E-state index in [9.17, 15) is 9.90 Å². The zero-order valence-corrected chi connectivity index (χ0v) is 20.2. The van der Waals surface area contributed by atoms with Gasteiger partial charge in [-0.05, 0) is 61.9 Å². The summed E-state index contributed by atoms with van der Waals surface area (Å²) in [5.74, 6) is 0.193. The molecule has 0 aliphatic carbocycles. The first-order valence-electron chi connectivity index (χ1n) is 10.7. The van der Waals surface area contributed by atoms with Crippen molar-refractivity contribution in [2.24, 2.45) is 7.05 Å². The van der Waals surface area contributed by atoms with E-state index in [2.05, 4.69) is 9.97 Å². The minimum absolute atomic E-state index is 0.0388. The molecule has 0 saturated heterocycles. The van der Waals surface area contributed by atoms with Gasteiger partial charge in [0.25, 0.3) is 5.56 Å². The lowest BCUT2D eigenvalue weighted by Crippen LogP contribution is -2.21. The Labute approximate surface area is 196 Å². The molecule has 0 spiro atoms. The van der Waals surface area contributed by atoms with Gasteiger partial charge < -0.3 is 9.67 Å². The Morgan fingerprint density at radius 1 is 1.12 bits per heavy atom. The van der Waals surface area contributed by atoms with Crippen LogP contribution in [0.15, 0.2) is 41.5 Å². The second-order valence-corrected chi connectivity index (χ2v) is 9.58. The second kappa shape index (κ2) is 8.08. The monoisotopic (exact) mass is 468 g/mol. The van der Waals surface area contributed by atoms with E-state index in [0.717, 1.165) is 5.56 Å². The number of pyridine rings is 2. The van der Waals surface area contributed by atoms with E-state index >= 15 is 4.39 Å². The molecule has 0 radical (unpaired) electrons. The van der Waals surface area contributed by atoms with Crippen molar-refractivity contribution in [3.05, 3.63) is 74.9 Å². The van der Waals surface area contributed by atoms with Crippen LogP contribution >= 0.6 is 11.6 Å². The van der Waals surface area contributed by atoms with Gasteiger partial charge in [0.2, 0.25) is 0 Å². The summed E-state index contributed by atoms with van der Waals surface area (Å²) in [6, 6.07) is 6.36. The lowest BCUT2D eigenvalue weighted by molar-refractivity contribution is 0.0659. The molecule has 0 aliphatic heterocycles. The van der Waals surface area contributed by atoms with E-state index in [0.29, 0.717) is 33.4 Å². The first kappa shape index (κ1) is 23.1. The molecule has 0 aliphatic rings. The second-order valence-electron chi connectivity index (χ2n) is 9.17. The fourth-order valence-electron chi connectivity index (χ4n) is 4.06. The summed E-state index contributed by atoms with van der Waals surface area (Å²) in [5.41, 5.74) is 0.626. The molecule has 1 aromatic carbocycles. The number of hydrogen-bond acceptors (Lipinski definition) is 4. The summed E-state index contributed by atoms with van der Waals surface area (Å²) in [5, 5.41) is 11.6. The van der Waals surface area contributed by atoms with Gasteiger partial charge in [-0.1, -0.05) is 25.4 Å². The molecule has 172 valence electrons. The van der Waals surface area contributed by atoms with Gasteiger partial charge in [-0.3, -0.25) is 9.36 Å². The number of aromatic nitrogens is 4. The summed E-state index contributed by atoms with van der Waals surface area (Å²) in [6.45, 7) is 9.07. The van der Waals surface area contributed by atoms with Crippen molar-refractivity contribution >= 4 is 22.4 Å². The van der Waals surface area contributed by atoms with Crippen LogP contribution in [0.1, 0.15) is 50.7 Å². The van der Waals surface area contributed by atoms with Gasteiger partial charge in [0.1, 0.15) is 17.2 Å². The minimum Gasteiger partial charge on any atom is -0.383 e. The third-order valence-corrected chi connectivity index (χ3v) is 5.95. The van der Waals surface area contributed by atoms with Gasteiger partial charge in [-0.15, -0.1) is 0 Å². The predicted molar refractivity (Wildman–Crippen MR) is 129 cm³/mol. The molecule has 1 N–H and O–H groups in total. The molecule has 0 amide bonds. The first-order chi connectivity index (χ1) is 15.4. The lowest BCUT2D eigenvalue weighted by atomic mass is 9.96. The Balaban J connectivity index is 2.02. The molecule has 0 bridgehead atoms. The highest BCUT2D eigenvalue weighted by atomic mass is 35.5. The molecule has 0 atom stereocenters. The quantitative estimate of drug-likeness (QED) is 0.444. The molecular weight excluding hydrogens is 443 g/mol. The van der Waals surface area contributed by atoms with Crippen molar-refractivity contribution < 1.29 is 9.50 Å². The lowest BCUT2D eigenvalue weighted by Gasteiger charge is -2.16. The van der Waals surface area contributed by atoms with Crippen molar-refractivity contribution in [3.8, 4) is 17.1 Å². The summed E-state index contributed by atoms with van der Waals surface area (Å²) in [7, 11) is 1.75. The van der Waals surface area contributed by atoms with Crippen LogP contribution in [0, 0.1) is 12.7 Å². The van der Waals surface area contributed by atoms with Crippen molar-refractivity contribution in [1.82, 2.24) is 19.1 Å². The van der Waals surface area contributed by atoms with Crippen LogP contribution in [0.4, 0.5) is 4.39 Å². The highest BCUT2D eigenvalue weighted by Crippen LogP contribution is 2.32. The third kappa shape index (κ3) is 4.07. The SMILES string of the molecule is Cc1ccc(Cl)c(-n2cc(C(C)C)c3cc(-c4cn(C)c(C(C)(C)O)n4)c(F)cc3c2=O)n1. The molecule has 3 heterocycles. The average molecular weight is 469 g/mol. The van der Waals surface area contributed by atoms with Gasteiger partial charge in [-0.2, -0.15) is 0 Å². The summed E-state index contributed by atoms with van der Waals surface area (Å²) in [6.07, 6.45) is 3.40. The maximum atomic E-state index is 15.3. The van der Waals surface area contributed by atoms with Crippen LogP contribution in [-0.4, -0.2) is 24.2 Å². The Hall–Kier alpha value is -3.03. The normalized spacial score (nSPS) is 12.2. The van der Waals surface area contributed by atoms with Crippen LogP contribution in [0.5, 0.6) is 0 Å². The zero-order valence-electron chi connectivity index (χ0n) is 19.4. The summed E-state index contributed by atoms with van der Waals surface area (Å²) in [4.78, 5) is 22.3. The van der Waals surface area contributed by atoms with Gasteiger partial charge in [0.15, 0.2) is 5.82 Å². The molecule has 33 heavy (non-hydrogen) atoms. The fourth-order valence-corrected chi connectivity index (χ4v) is 4.26. The topological polar surface area (TPSA) is 72.9 Å². The van der Waals surface area contributed by atoms with E-state index in [4.69, 9.17) is 11.6 Å². The number of benzene rings is 1. The van der Waals surface area contributed by atoms with Crippen molar-refractivity contribution in [1.29, 1.82) is 0 Å². The molecule has 8 heteroatoms. The number of hydrogen-bond donors (Lipinski definition) is 1. The van der Waals surface area contributed by atoms with Crippen LogP contribution in [-0.2, 0) is 12.6 Å². The van der Waals surface area contributed by atoms with Crippen molar-refractivity contribution in [3.63, 3.8) is 0 Å². The summed E-state index contributed by atoms with van der Waals surface area (Å²) >= 11 is 6.35. The number of rotatable bonds is 4. The third-order valence-electron chi connectivity index (χ3n) is 5.65. The Morgan fingerprint density at radius 2 is 1.82 bits per heavy atom. The fraction of sp³-hybridized carbons (Fsp3) is 0.320. The molecule has 0 fully saturated rings. The molecule has 3 aromatic heterocycles. The number of fused-ring (bicyclic) bond motifs is 1. The maximum Gasteiger partial charge on any atom is 0.264 e. The molecule has 0 saturated carbocycles. The Morgan fingerprint density at radius 3 is 2.42 bits per heavy atom. The Bertz CT molecular complexity index is 1450. The molecule has 6 nitrogen and oxygen atoms in total. The van der Waals surface area contributed by atoms with Crippen LogP contribution in [0.3, 0.4) is 0 Å². The standard InChI is InChI=1S/C25H26ClFN4O2/c1-13(2)18-11-31(22-19(26)8-7-14(3)28-22)23(32)16-10-20(27)17(9-15(16)18)21-12-30(6)24(29-21)25(4,5)33/h7-13,33H,1-6H3. The largest absolute Gasteiger partial charge is 0.383 e. The number of halogens is 2.